The molecule has 0 fully saturated rings. The summed E-state index contributed by atoms with van der Waals surface area (Å²) in [6.45, 7) is 7.60. The van der Waals surface area contributed by atoms with Crippen LogP contribution in [0.5, 0.6) is 23.0 Å². The first-order valence-corrected chi connectivity index (χ1v) is 7.97. The van der Waals surface area contributed by atoms with Crippen molar-refractivity contribution >= 4 is 0 Å². The number of hydrogen-bond donors (Lipinski definition) is 1. The summed E-state index contributed by atoms with van der Waals surface area (Å²) >= 11 is 0. The van der Waals surface area contributed by atoms with Gasteiger partial charge in [0.05, 0.1) is 21.3 Å². The second kappa shape index (κ2) is 8.29. The Morgan fingerprint density at radius 2 is 1.60 bits per heavy atom. The monoisotopic (exact) mass is 340 g/mol. The van der Waals surface area contributed by atoms with E-state index < -0.39 is 0 Å². The number of phenols is 1. The maximum Gasteiger partial charge on any atom is 0.168 e. The van der Waals surface area contributed by atoms with Crippen molar-refractivity contribution < 1.29 is 19.3 Å². The Balaban J connectivity index is 2.85. The summed E-state index contributed by atoms with van der Waals surface area (Å²) in [5.41, 5.74) is 3.35. The van der Waals surface area contributed by atoms with Crippen LogP contribution in [0, 0.1) is 0 Å². The average molecular weight is 340 g/mol. The molecular weight excluding hydrogens is 316 g/mol. The molecule has 4 nitrogen and oxygen atoms in total. The molecule has 0 saturated heterocycles. The summed E-state index contributed by atoms with van der Waals surface area (Å²) in [5.74, 6) is 1.63. The van der Waals surface area contributed by atoms with Gasteiger partial charge in [-0.15, -0.1) is 13.2 Å². The van der Waals surface area contributed by atoms with Gasteiger partial charge in [-0.3, -0.25) is 0 Å². The molecule has 2 rings (SSSR count). The summed E-state index contributed by atoms with van der Waals surface area (Å²) in [4.78, 5) is 0. The fourth-order valence-corrected chi connectivity index (χ4v) is 2.88. The molecule has 2 aromatic carbocycles. The molecule has 0 aliphatic carbocycles. The number of rotatable bonds is 8. The second-order valence-electron chi connectivity index (χ2n) is 5.52. The van der Waals surface area contributed by atoms with Crippen LogP contribution in [-0.2, 0) is 12.8 Å². The summed E-state index contributed by atoms with van der Waals surface area (Å²) in [6.07, 6.45) is 4.91. The van der Waals surface area contributed by atoms with Gasteiger partial charge in [0.1, 0.15) is 0 Å². The Morgan fingerprint density at radius 3 is 2.16 bits per heavy atom. The van der Waals surface area contributed by atoms with Crippen LogP contribution in [0.3, 0.4) is 0 Å². The van der Waals surface area contributed by atoms with E-state index in [1.54, 1.807) is 20.3 Å². The first kappa shape index (κ1) is 18.5. The zero-order valence-corrected chi connectivity index (χ0v) is 15.0. The zero-order valence-electron chi connectivity index (χ0n) is 15.0. The smallest absolute Gasteiger partial charge is 0.168 e. The highest BCUT2D eigenvalue weighted by molar-refractivity contribution is 5.83. The van der Waals surface area contributed by atoms with Crippen LogP contribution in [0.4, 0.5) is 0 Å². The topological polar surface area (TPSA) is 47.9 Å². The number of phenolic OH excluding ortho intramolecular Hbond substituents is 1. The molecule has 2 aromatic rings. The van der Waals surface area contributed by atoms with Crippen molar-refractivity contribution in [2.75, 3.05) is 21.3 Å². The Morgan fingerprint density at radius 1 is 0.920 bits per heavy atom. The van der Waals surface area contributed by atoms with Crippen LogP contribution in [0.2, 0.25) is 0 Å². The standard InChI is InChI=1S/C21H24O4/c1-6-8-14-12-16(20(22)18(13-14)24-4)19-15(9-7-2)10-11-17(23-3)21(19)25-5/h6-7,10-13,22H,1-2,8-9H2,3-5H3. The fraction of sp³-hybridized carbons (Fsp3) is 0.238. The SMILES string of the molecule is C=CCc1cc(OC)c(O)c(-c2c(CC=C)ccc(OC)c2OC)c1. The third-order valence-corrected chi connectivity index (χ3v) is 4.00. The van der Waals surface area contributed by atoms with Crippen molar-refractivity contribution in [3.63, 3.8) is 0 Å². The molecule has 0 heterocycles. The molecule has 0 saturated carbocycles. The van der Waals surface area contributed by atoms with Crippen LogP contribution in [0.1, 0.15) is 11.1 Å². The van der Waals surface area contributed by atoms with E-state index in [0.717, 1.165) is 16.7 Å². The molecule has 0 atom stereocenters. The van der Waals surface area contributed by atoms with E-state index in [2.05, 4.69) is 13.2 Å². The number of benzene rings is 2. The second-order valence-corrected chi connectivity index (χ2v) is 5.52. The minimum Gasteiger partial charge on any atom is -0.504 e. The van der Waals surface area contributed by atoms with Crippen molar-refractivity contribution in [3.8, 4) is 34.1 Å². The van der Waals surface area contributed by atoms with Crippen molar-refractivity contribution in [1.29, 1.82) is 0 Å². The zero-order chi connectivity index (χ0) is 18.4. The number of aromatic hydroxyl groups is 1. The van der Waals surface area contributed by atoms with Crippen LogP contribution in [0.25, 0.3) is 11.1 Å². The normalized spacial score (nSPS) is 10.2. The summed E-state index contributed by atoms with van der Waals surface area (Å²) in [6, 6.07) is 7.53. The van der Waals surface area contributed by atoms with Gasteiger partial charge in [0.2, 0.25) is 0 Å². The maximum absolute atomic E-state index is 10.7. The Kier molecular flexibility index (Phi) is 6.12. The number of methoxy groups -OCH3 is 3. The lowest BCUT2D eigenvalue weighted by atomic mass is 9.93. The van der Waals surface area contributed by atoms with Crippen LogP contribution in [-0.4, -0.2) is 26.4 Å². The molecule has 25 heavy (non-hydrogen) atoms. The summed E-state index contributed by atoms with van der Waals surface area (Å²) in [7, 11) is 4.70. The minimum atomic E-state index is 0.0622. The highest BCUT2D eigenvalue weighted by atomic mass is 16.5. The van der Waals surface area contributed by atoms with Crippen molar-refractivity contribution in [2.24, 2.45) is 0 Å². The third-order valence-electron chi connectivity index (χ3n) is 4.00. The number of ether oxygens (including phenoxy) is 3. The van der Waals surface area contributed by atoms with Crippen molar-refractivity contribution in [2.45, 2.75) is 12.8 Å². The molecule has 0 bridgehead atoms. The molecular formula is C21H24O4. The molecule has 1 N–H and O–H groups in total. The van der Waals surface area contributed by atoms with Gasteiger partial charge in [-0.05, 0) is 42.2 Å². The molecule has 132 valence electrons. The van der Waals surface area contributed by atoms with E-state index >= 15 is 0 Å². The van der Waals surface area contributed by atoms with Gasteiger partial charge in [-0.2, -0.15) is 0 Å². The Hall–Kier alpha value is -2.88. The van der Waals surface area contributed by atoms with Gasteiger partial charge < -0.3 is 19.3 Å². The molecule has 0 aliphatic rings. The fourth-order valence-electron chi connectivity index (χ4n) is 2.88. The molecule has 0 unspecified atom stereocenters. The van der Waals surface area contributed by atoms with E-state index in [0.29, 0.717) is 35.7 Å². The first-order chi connectivity index (χ1) is 12.1. The highest BCUT2D eigenvalue weighted by Crippen LogP contribution is 2.47. The average Bonchev–Trinajstić information content (AvgIpc) is 2.63. The number of allylic oxidation sites excluding steroid dienone is 2. The molecule has 0 radical (unpaired) electrons. The van der Waals surface area contributed by atoms with Gasteiger partial charge in [0, 0.05) is 11.1 Å². The van der Waals surface area contributed by atoms with Crippen LogP contribution >= 0.6 is 0 Å². The Bertz CT molecular complexity index is 778. The minimum absolute atomic E-state index is 0.0622. The number of hydrogen-bond acceptors (Lipinski definition) is 4. The van der Waals surface area contributed by atoms with Crippen molar-refractivity contribution in [3.05, 3.63) is 60.7 Å². The van der Waals surface area contributed by atoms with E-state index in [1.165, 1.54) is 7.11 Å². The predicted octanol–water partition coefficient (Wildman–Crippen LogP) is 4.54. The Labute approximate surface area is 149 Å². The first-order valence-electron chi connectivity index (χ1n) is 7.97. The molecule has 0 aliphatic heterocycles. The van der Waals surface area contributed by atoms with Gasteiger partial charge in [-0.25, -0.2) is 0 Å². The quantitative estimate of drug-likeness (QED) is 0.717. The van der Waals surface area contributed by atoms with Gasteiger partial charge >= 0.3 is 0 Å². The largest absolute Gasteiger partial charge is 0.504 e. The molecule has 0 aromatic heterocycles. The van der Waals surface area contributed by atoms with E-state index in [-0.39, 0.29) is 5.75 Å². The van der Waals surface area contributed by atoms with E-state index in [4.69, 9.17) is 14.2 Å². The van der Waals surface area contributed by atoms with Gasteiger partial charge in [0.15, 0.2) is 23.0 Å². The predicted molar refractivity (Wildman–Crippen MR) is 101 cm³/mol. The molecule has 0 amide bonds. The summed E-state index contributed by atoms with van der Waals surface area (Å²) in [5, 5.41) is 10.7. The van der Waals surface area contributed by atoms with Crippen molar-refractivity contribution in [1.82, 2.24) is 0 Å². The third kappa shape index (κ3) is 3.63. The van der Waals surface area contributed by atoms with E-state index in [1.807, 2.05) is 30.4 Å². The lowest BCUT2D eigenvalue weighted by Gasteiger charge is -2.19. The van der Waals surface area contributed by atoms with Crippen LogP contribution < -0.4 is 14.2 Å². The van der Waals surface area contributed by atoms with E-state index in [9.17, 15) is 5.11 Å². The molecule has 0 spiro atoms. The van der Waals surface area contributed by atoms with Gasteiger partial charge in [-0.1, -0.05) is 18.2 Å². The van der Waals surface area contributed by atoms with Crippen LogP contribution in [0.15, 0.2) is 49.6 Å². The summed E-state index contributed by atoms with van der Waals surface area (Å²) < 4.78 is 16.4. The maximum atomic E-state index is 10.7. The lowest BCUT2D eigenvalue weighted by Crippen LogP contribution is -1.99. The van der Waals surface area contributed by atoms with Gasteiger partial charge in [0.25, 0.3) is 0 Å². The molecule has 4 heteroatoms. The lowest BCUT2D eigenvalue weighted by molar-refractivity contribution is 0.355. The highest BCUT2D eigenvalue weighted by Gasteiger charge is 2.21.